The van der Waals surface area contributed by atoms with E-state index in [0.29, 0.717) is 0 Å². The van der Waals surface area contributed by atoms with Gasteiger partial charge >= 0.3 is 17.7 Å². The molecule has 1 fully saturated rings. The van der Waals surface area contributed by atoms with Crippen molar-refractivity contribution >= 4 is 24.0 Å². The van der Waals surface area contributed by atoms with E-state index in [9.17, 15) is 14.4 Å². The van der Waals surface area contributed by atoms with E-state index in [-0.39, 0.29) is 24.8 Å². The highest BCUT2D eigenvalue weighted by atomic mass is 16.6. The van der Waals surface area contributed by atoms with Gasteiger partial charge in [-0.3, -0.25) is 15.0 Å². The van der Waals surface area contributed by atoms with Gasteiger partial charge < -0.3 is 14.2 Å². The summed E-state index contributed by atoms with van der Waals surface area (Å²) >= 11 is 0. The van der Waals surface area contributed by atoms with Gasteiger partial charge in [-0.15, -0.1) is 0 Å². The highest BCUT2D eigenvalue weighted by molar-refractivity contribution is 6.05. The van der Waals surface area contributed by atoms with Gasteiger partial charge in [0.2, 0.25) is 5.91 Å². The number of hydrogen-bond acceptors (Lipinski definition) is 6. The van der Waals surface area contributed by atoms with Gasteiger partial charge in [-0.25, -0.2) is 9.59 Å². The van der Waals surface area contributed by atoms with Crippen molar-refractivity contribution in [1.82, 2.24) is 10.2 Å². The van der Waals surface area contributed by atoms with Crippen LogP contribution in [-0.4, -0.2) is 55.9 Å². The molecule has 0 bridgehead atoms. The molecule has 1 aliphatic rings. The zero-order valence-electron chi connectivity index (χ0n) is 18.7. The van der Waals surface area contributed by atoms with Crippen molar-refractivity contribution in [3.8, 4) is 0 Å². The summed E-state index contributed by atoms with van der Waals surface area (Å²) in [5.41, 5.74) is -1.31. The number of hydrogen-bond donors (Lipinski definition) is 1. The lowest BCUT2D eigenvalue weighted by Crippen LogP contribution is -2.59. The summed E-state index contributed by atoms with van der Waals surface area (Å²) in [6.07, 6.45) is 5.46. The number of carbonyl (C=O) groups is 3. The minimum atomic E-state index is -2.04. The van der Waals surface area contributed by atoms with E-state index in [1.54, 1.807) is 6.08 Å². The molecule has 3 amide bonds. The molecule has 2 rings (SSSR count). The topological polar surface area (TPSA) is 94.2 Å². The van der Waals surface area contributed by atoms with Crippen LogP contribution >= 0.6 is 0 Å². The summed E-state index contributed by atoms with van der Waals surface area (Å²) < 4.78 is 16.8. The number of amides is 3. The first-order valence-corrected chi connectivity index (χ1v) is 10.6. The predicted molar refractivity (Wildman–Crippen MR) is 116 cm³/mol. The maximum atomic E-state index is 13.4. The standard InChI is InChI=1S/C23H32N2O6/c1-5-7-11-17(6-2)16-31-21(27)23(30-4,25-15-20(26)24-22(25)28)19(29-3)14-18-12-9-8-10-13-18/h8-10,12-14,17H,5-7,11,15-16H2,1-4H3,(H,24,26,28). The fourth-order valence-electron chi connectivity index (χ4n) is 3.52. The lowest BCUT2D eigenvalue weighted by Gasteiger charge is -2.37. The van der Waals surface area contributed by atoms with Gasteiger partial charge in [0.1, 0.15) is 6.54 Å². The summed E-state index contributed by atoms with van der Waals surface area (Å²) in [5, 5.41) is 2.19. The predicted octanol–water partition coefficient (Wildman–Crippen LogP) is 3.33. The Morgan fingerprint density at radius 2 is 1.94 bits per heavy atom. The summed E-state index contributed by atoms with van der Waals surface area (Å²) in [5.74, 6) is -1.11. The van der Waals surface area contributed by atoms with Crippen LogP contribution in [0.5, 0.6) is 0 Å². The van der Waals surface area contributed by atoms with E-state index in [1.807, 2.05) is 37.3 Å². The second-order valence-electron chi connectivity index (χ2n) is 7.43. The van der Waals surface area contributed by atoms with Crippen LogP contribution in [0.2, 0.25) is 0 Å². The Bertz CT molecular complexity index is 795. The highest BCUT2D eigenvalue weighted by Crippen LogP contribution is 2.32. The minimum absolute atomic E-state index is 0.0395. The second kappa shape index (κ2) is 11.5. The van der Waals surface area contributed by atoms with Crippen LogP contribution < -0.4 is 5.32 Å². The van der Waals surface area contributed by atoms with E-state index in [0.717, 1.165) is 36.1 Å². The third-order valence-corrected chi connectivity index (χ3v) is 5.39. The second-order valence-corrected chi connectivity index (χ2v) is 7.43. The molecular weight excluding hydrogens is 400 g/mol. The summed E-state index contributed by atoms with van der Waals surface area (Å²) in [4.78, 5) is 38.9. The number of nitrogens with zero attached hydrogens (tertiary/aromatic N) is 1. The highest BCUT2D eigenvalue weighted by Gasteiger charge is 2.56. The largest absolute Gasteiger partial charge is 0.495 e. The molecule has 0 aromatic heterocycles. The van der Waals surface area contributed by atoms with Gasteiger partial charge in [0.05, 0.1) is 13.7 Å². The third-order valence-electron chi connectivity index (χ3n) is 5.39. The molecule has 1 saturated heterocycles. The number of urea groups is 1. The number of rotatable bonds is 12. The van der Waals surface area contributed by atoms with E-state index in [4.69, 9.17) is 14.2 Å². The maximum absolute atomic E-state index is 13.4. The van der Waals surface area contributed by atoms with Crippen LogP contribution in [0.25, 0.3) is 6.08 Å². The first-order valence-electron chi connectivity index (χ1n) is 10.6. The lowest BCUT2D eigenvalue weighted by atomic mass is 10.0. The van der Waals surface area contributed by atoms with Crippen molar-refractivity contribution in [3.05, 3.63) is 41.7 Å². The first kappa shape index (κ1) is 24.4. The molecule has 1 N–H and O–H groups in total. The zero-order valence-corrected chi connectivity index (χ0v) is 18.7. The SMILES string of the molecule is CCCCC(CC)COC(=O)C(OC)(C(=Cc1ccccc1)OC)N1CC(=O)NC1=O. The monoisotopic (exact) mass is 432 g/mol. The number of ether oxygens (including phenoxy) is 3. The first-order chi connectivity index (χ1) is 14.9. The molecule has 1 aliphatic heterocycles. The Labute approximate surface area is 183 Å². The van der Waals surface area contributed by atoms with E-state index in [1.165, 1.54) is 14.2 Å². The molecule has 2 unspecified atom stereocenters. The molecule has 0 saturated carbocycles. The van der Waals surface area contributed by atoms with E-state index in [2.05, 4.69) is 12.2 Å². The van der Waals surface area contributed by atoms with Crippen LogP contribution in [0.15, 0.2) is 36.1 Å². The Kier molecular flexibility index (Phi) is 9.05. The normalized spacial score (nSPS) is 17.2. The Balaban J connectivity index is 2.43. The van der Waals surface area contributed by atoms with Crippen LogP contribution in [0.1, 0.15) is 45.1 Å². The number of nitrogens with one attached hydrogen (secondary N) is 1. The lowest BCUT2D eigenvalue weighted by molar-refractivity contribution is -0.187. The average molecular weight is 433 g/mol. The van der Waals surface area contributed by atoms with Crippen LogP contribution in [0, 0.1) is 5.92 Å². The Morgan fingerprint density at radius 1 is 1.23 bits per heavy atom. The molecule has 31 heavy (non-hydrogen) atoms. The summed E-state index contributed by atoms with van der Waals surface area (Å²) in [7, 11) is 2.66. The number of methoxy groups -OCH3 is 2. The minimum Gasteiger partial charge on any atom is -0.495 e. The van der Waals surface area contributed by atoms with Gasteiger partial charge in [0.25, 0.3) is 0 Å². The number of unbranched alkanes of at least 4 members (excludes halogenated alkanes) is 1. The molecule has 0 aliphatic carbocycles. The summed E-state index contributed by atoms with van der Waals surface area (Å²) in [6.45, 7) is 3.98. The van der Waals surface area contributed by atoms with Gasteiger partial charge in [0, 0.05) is 7.11 Å². The maximum Gasteiger partial charge on any atom is 0.368 e. The van der Waals surface area contributed by atoms with Crippen LogP contribution in [0.4, 0.5) is 4.79 Å². The molecule has 1 aromatic carbocycles. The zero-order chi connectivity index (χ0) is 22.9. The average Bonchev–Trinajstić information content (AvgIpc) is 3.12. The van der Waals surface area contributed by atoms with Crippen molar-refractivity contribution in [2.45, 2.75) is 45.3 Å². The van der Waals surface area contributed by atoms with Crippen molar-refractivity contribution in [2.75, 3.05) is 27.4 Å². The quantitative estimate of drug-likeness (QED) is 0.309. The summed E-state index contributed by atoms with van der Waals surface area (Å²) in [6, 6.07) is 8.40. The molecule has 1 aromatic rings. The van der Waals surface area contributed by atoms with Crippen LogP contribution in [0.3, 0.4) is 0 Å². The molecule has 8 nitrogen and oxygen atoms in total. The number of benzene rings is 1. The van der Waals surface area contributed by atoms with Crippen molar-refractivity contribution in [1.29, 1.82) is 0 Å². The van der Waals surface area contributed by atoms with E-state index < -0.39 is 23.6 Å². The number of imide groups is 1. The fraction of sp³-hybridized carbons (Fsp3) is 0.522. The molecule has 0 spiro atoms. The van der Waals surface area contributed by atoms with Gasteiger partial charge in [-0.2, -0.15) is 0 Å². The van der Waals surface area contributed by atoms with Gasteiger partial charge in [-0.1, -0.05) is 63.4 Å². The van der Waals surface area contributed by atoms with Gasteiger partial charge in [0.15, 0.2) is 5.76 Å². The Hall–Kier alpha value is -2.87. The Morgan fingerprint density at radius 3 is 2.45 bits per heavy atom. The van der Waals surface area contributed by atoms with Crippen LogP contribution in [-0.2, 0) is 23.8 Å². The number of carbonyl (C=O) groups excluding carboxylic acids is 3. The molecule has 170 valence electrons. The van der Waals surface area contributed by atoms with Crippen molar-refractivity contribution in [2.24, 2.45) is 5.92 Å². The van der Waals surface area contributed by atoms with Crippen molar-refractivity contribution in [3.63, 3.8) is 0 Å². The molecular formula is C23H32N2O6. The fourth-order valence-corrected chi connectivity index (χ4v) is 3.52. The molecule has 2 atom stereocenters. The molecule has 1 heterocycles. The van der Waals surface area contributed by atoms with Crippen molar-refractivity contribution < 1.29 is 28.6 Å². The smallest absolute Gasteiger partial charge is 0.368 e. The third kappa shape index (κ3) is 5.64. The molecule has 0 radical (unpaired) electrons. The van der Waals surface area contributed by atoms with Gasteiger partial charge in [-0.05, 0) is 24.0 Å². The number of esters is 1. The molecule has 8 heteroatoms. The van der Waals surface area contributed by atoms with E-state index >= 15 is 0 Å².